The summed E-state index contributed by atoms with van der Waals surface area (Å²) in [7, 11) is 0. The first kappa shape index (κ1) is 13.0. The highest BCUT2D eigenvalue weighted by Gasteiger charge is 2.11. The Kier molecular flexibility index (Phi) is 3.16. The van der Waals surface area contributed by atoms with Gasteiger partial charge in [0.05, 0.1) is 15.8 Å². The molecule has 0 fully saturated rings. The first-order valence-corrected chi connectivity index (χ1v) is 7.28. The van der Waals surface area contributed by atoms with Gasteiger partial charge in [0.15, 0.2) is 0 Å². The minimum atomic E-state index is -0.00575. The van der Waals surface area contributed by atoms with Crippen LogP contribution < -0.4 is 11.3 Å². The zero-order valence-electron chi connectivity index (χ0n) is 10.8. The van der Waals surface area contributed by atoms with E-state index in [0.29, 0.717) is 4.99 Å². The Balaban J connectivity index is 2.30. The molecule has 100 valence electrons. The Bertz CT molecular complexity index is 877. The quantitative estimate of drug-likeness (QED) is 0.740. The summed E-state index contributed by atoms with van der Waals surface area (Å²) in [6.07, 6.45) is 0. The zero-order chi connectivity index (χ0) is 14.3. The fourth-order valence-electron chi connectivity index (χ4n) is 2.11. The molecule has 3 rings (SSSR count). The summed E-state index contributed by atoms with van der Waals surface area (Å²) in [4.78, 5) is 12.8. The standard InChI is InChI=1S/C15H12N2OS2/c1-9-6-7-10(14(16)19)8-12(9)17-15(18)11-4-2-3-5-13(11)20-17/h2-8H,1H3,(H2,16,19). The van der Waals surface area contributed by atoms with Gasteiger partial charge in [0.2, 0.25) is 0 Å². The predicted molar refractivity (Wildman–Crippen MR) is 88.0 cm³/mol. The smallest absolute Gasteiger partial charge is 0.273 e. The van der Waals surface area contributed by atoms with E-state index in [0.717, 1.165) is 26.9 Å². The molecule has 0 unspecified atom stereocenters. The van der Waals surface area contributed by atoms with E-state index in [1.165, 1.54) is 11.5 Å². The maximum atomic E-state index is 12.5. The van der Waals surface area contributed by atoms with Crippen LogP contribution in [-0.2, 0) is 0 Å². The Morgan fingerprint density at radius 2 is 2.00 bits per heavy atom. The molecule has 0 aliphatic carbocycles. The molecule has 20 heavy (non-hydrogen) atoms. The van der Waals surface area contributed by atoms with Gasteiger partial charge in [-0.2, -0.15) is 0 Å². The van der Waals surface area contributed by atoms with E-state index in [4.69, 9.17) is 18.0 Å². The van der Waals surface area contributed by atoms with Crippen molar-refractivity contribution in [3.8, 4) is 5.69 Å². The Morgan fingerprint density at radius 1 is 1.25 bits per heavy atom. The molecular weight excluding hydrogens is 288 g/mol. The van der Waals surface area contributed by atoms with Crippen molar-refractivity contribution >= 4 is 38.8 Å². The second-order valence-electron chi connectivity index (χ2n) is 4.55. The molecule has 2 N–H and O–H groups in total. The number of fused-ring (bicyclic) bond motifs is 1. The van der Waals surface area contributed by atoms with Crippen LogP contribution in [0.1, 0.15) is 11.1 Å². The number of nitrogens with zero attached hydrogens (tertiary/aromatic N) is 1. The zero-order valence-corrected chi connectivity index (χ0v) is 12.4. The van der Waals surface area contributed by atoms with Crippen LogP contribution in [0.25, 0.3) is 15.8 Å². The van der Waals surface area contributed by atoms with Crippen molar-refractivity contribution in [3.63, 3.8) is 0 Å². The van der Waals surface area contributed by atoms with Crippen molar-refractivity contribution in [2.24, 2.45) is 5.73 Å². The maximum Gasteiger partial charge on any atom is 0.273 e. The highest BCUT2D eigenvalue weighted by atomic mass is 32.1. The van der Waals surface area contributed by atoms with Crippen molar-refractivity contribution < 1.29 is 0 Å². The van der Waals surface area contributed by atoms with Gasteiger partial charge in [0.25, 0.3) is 5.56 Å². The van der Waals surface area contributed by atoms with Crippen LogP contribution in [0.3, 0.4) is 0 Å². The molecule has 0 aliphatic rings. The normalized spacial score (nSPS) is 10.8. The summed E-state index contributed by atoms with van der Waals surface area (Å²) in [5.74, 6) is 0. The van der Waals surface area contributed by atoms with E-state index in [9.17, 15) is 4.79 Å². The summed E-state index contributed by atoms with van der Waals surface area (Å²) in [5, 5.41) is 0.734. The van der Waals surface area contributed by atoms with Gasteiger partial charge in [-0.05, 0) is 30.7 Å². The Hall–Kier alpha value is -1.98. The number of aryl methyl sites for hydroxylation is 1. The van der Waals surface area contributed by atoms with Crippen LogP contribution in [0.5, 0.6) is 0 Å². The fraction of sp³-hybridized carbons (Fsp3) is 0.0667. The van der Waals surface area contributed by atoms with Gasteiger partial charge < -0.3 is 5.73 Å². The van der Waals surface area contributed by atoms with Gasteiger partial charge >= 0.3 is 0 Å². The second-order valence-corrected chi connectivity index (χ2v) is 5.98. The Labute approximate surface area is 125 Å². The molecule has 3 nitrogen and oxygen atoms in total. The molecule has 0 atom stereocenters. The topological polar surface area (TPSA) is 48.0 Å². The van der Waals surface area contributed by atoms with Crippen LogP contribution in [0.2, 0.25) is 0 Å². The lowest BCUT2D eigenvalue weighted by atomic mass is 10.1. The van der Waals surface area contributed by atoms with Crippen molar-refractivity contribution in [1.82, 2.24) is 3.96 Å². The van der Waals surface area contributed by atoms with Crippen molar-refractivity contribution in [2.75, 3.05) is 0 Å². The molecular formula is C15H12N2OS2. The summed E-state index contributed by atoms with van der Waals surface area (Å²) in [6, 6.07) is 13.3. The summed E-state index contributed by atoms with van der Waals surface area (Å²) in [6.45, 7) is 1.97. The number of rotatable bonds is 2. The molecule has 0 saturated heterocycles. The number of hydrogen-bond donors (Lipinski definition) is 1. The average molecular weight is 300 g/mol. The van der Waals surface area contributed by atoms with E-state index < -0.39 is 0 Å². The van der Waals surface area contributed by atoms with Crippen LogP contribution in [0.15, 0.2) is 47.3 Å². The molecule has 3 aromatic rings. The van der Waals surface area contributed by atoms with E-state index in [1.807, 2.05) is 49.4 Å². The maximum absolute atomic E-state index is 12.5. The highest BCUT2D eigenvalue weighted by Crippen LogP contribution is 2.22. The number of hydrogen-bond acceptors (Lipinski definition) is 3. The van der Waals surface area contributed by atoms with E-state index in [1.54, 1.807) is 3.96 Å². The molecule has 1 heterocycles. The molecule has 1 aromatic heterocycles. The van der Waals surface area contributed by atoms with Crippen molar-refractivity contribution in [3.05, 3.63) is 63.9 Å². The van der Waals surface area contributed by atoms with Gasteiger partial charge in [-0.1, -0.05) is 48.0 Å². The second kappa shape index (κ2) is 4.85. The first-order chi connectivity index (χ1) is 9.58. The highest BCUT2D eigenvalue weighted by molar-refractivity contribution is 7.80. The lowest BCUT2D eigenvalue weighted by Gasteiger charge is -2.07. The van der Waals surface area contributed by atoms with Crippen LogP contribution in [-0.4, -0.2) is 8.95 Å². The van der Waals surface area contributed by atoms with Crippen LogP contribution in [0, 0.1) is 6.92 Å². The SMILES string of the molecule is Cc1ccc(C(N)=S)cc1-n1sc2ccccc2c1=O. The molecule has 0 spiro atoms. The van der Waals surface area contributed by atoms with Crippen LogP contribution >= 0.6 is 23.8 Å². The average Bonchev–Trinajstić information content (AvgIpc) is 2.77. The Morgan fingerprint density at radius 3 is 2.70 bits per heavy atom. The predicted octanol–water partition coefficient (Wildman–Crippen LogP) is 2.99. The van der Waals surface area contributed by atoms with Gasteiger partial charge in [0, 0.05) is 5.56 Å². The van der Waals surface area contributed by atoms with Gasteiger partial charge in [-0.15, -0.1) is 0 Å². The minimum Gasteiger partial charge on any atom is -0.389 e. The molecule has 0 radical (unpaired) electrons. The summed E-state index contributed by atoms with van der Waals surface area (Å²) in [5.41, 5.74) is 8.28. The van der Waals surface area contributed by atoms with Gasteiger partial charge in [-0.25, -0.2) is 3.96 Å². The van der Waals surface area contributed by atoms with Crippen molar-refractivity contribution in [1.29, 1.82) is 0 Å². The number of aromatic nitrogens is 1. The molecule has 5 heteroatoms. The van der Waals surface area contributed by atoms with Crippen LogP contribution in [0.4, 0.5) is 0 Å². The van der Waals surface area contributed by atoms with Gasteiger partial charge in [-0.3, -0.25) is 4.79 Å². The van der Waals surface area contributed by atoms with Gasteiger partial charge in [0.1, 0.15) is 4.99 Å². The van der Waals surface area contributed by atoms with E-state index in [2.05, 4.69) is 0 Å². The van der Waals surface area contributed by atoms with E-state index in [-0.39, 0.29) is 5.56 Å². The largest absolute Gasteiger partial charge is 0.389 e. The number of nitrogens with two attached hydrogens (primary N) is 1. The monoisotopic (exact) mass is 300 g/mol. The minimum absolute atomic E-state index is 0.00575. The third kappa shape index (κ3) is 2.05. The summed E-state index contributed by atoms with van der Waals surface area (Å²) < 4.78 is 2.67. The third-order valence-electron chi connectivity index (χ3n) is 3.20. The number of thiocarbonyl (C=S) groups is 1. The molecule has 2 aromatic carbocycles. The molecule has 0 saturated carbocycles. The summed E-state index contributed by atoms with van der Waals surface area (Å²) >= 11 is 6.44. The third-order valence-corrected chi connectivity index (χ3v) is 4.54. The number of benzene rings is 2. The molecule has 0 bridgehead atoms. The van der Waals surface area contributed by atoms with E-state index >= 15 is 0 Å². The molecule has 0 aliphatic heterocycles. The molecule has 0 amide bonds. The van der Waals surface area contributed by atoms with Crippen molar-refractivity contribution in [2.45, 2.75) is 6.92 Å². The fourth-order valence-corrected chi connectivity index (χ4v) is 3.31. The lowest BCUT2D eigenvalue weighted by molar-refractivity contribution is 1.12. The first-order valence-electron chi connectivity index (χ1n) is 6.10. The lowest BCUT2D eigenvalue weighted by Crippen LogP contribution is -2.14.